The van der Waals surface area contributed by atoms with Crippen LogP contribution in [-0.2, 0) is 6.54 Å². The lowest BCUT2D eigenvalue weighted by atomic mass is 10.2. The zero-order valence-electron chi connectivity index (χ0n) is 16.3. The Balaban J connectivity index is 1.43. The summed E-state index contributed by atoms with van der Waals surface area (Å²) in [5.74, 6) is 0. The number of piperazine rings is 1. The number of nitrogens with zero attached hydrogens (tertiary/aromatic N) is 3. The van der Waals surface area contributed by atoms with Crippen LogP contribution < -0.4 is 5.32 Å². The standard InChI is InChI=1S/C22H28N4O2/c1-2-23-22(28)25-13-11-24(12-14-25)15-17(27)16-26-20-9-5-3-7-18(20)19-8-4-6-10-21(19)26/h3-10,17,27H,2,11-16H2,1H3,(H,23,28). The van der Waals surface area contributed by atoms with E-state index >= 15 is 0 Å². The number of carbonyl (C=O) groups excluding carboxylic acids is 1. The normalized spacial score (nSPS) is 16.6. The molecule has 1 unspecified atom stereocenters. The Bertz CT molecular complexity index is 906. The van der Waals surface area contributed by atoms with Gasteiger partial charge in [-0.1, -0.05) is 36.4 Å². The molecule has 2 heterocycles. The Morgan fingerprint density at radius 2 is 1.54 bits per heavy atom. The first-order valence-electron chi connectivity index (χ1n) is 10.1. The van der Waals surface area contributed by atoms with Gasteiger partial charge in [-0.3, -0.25) is 4.90 Å². The Labute approximate surface area is 165 Å². The van der Waals surface area contributed by atoms with Crippen LogP contribution in [-0.4, -0.2) is 70.9 Å². The SMILES string of the molecule is CCNC(=O)N1CCN(CC(O)Cn2c3ccccc3c3ccccc32)CC1. The summed E-state index contributed by atoms with van der Waals surface area (Å²) in [6, 6.07) is 16.7. The topological polar surface area (TPSA) is 60.7 Å². The second kappa shape index (κ2) is 8.20. The molecule has 28 heavy (non-hydrogen) atoms. The average molecular weight is 380 g/mol. The van der Waals surface area contributed by atoms with Crippen molar-refractivity contribution in [2.75, 3.05) is 39.3 Å². The van der Waals surface area contributed by atoms with Crippen LogP contribution in [0.4, 0.5) is 4.79 Å². The van der Waals surface area contributed by atoms with Crippen molar-refractivity contribution >= 4 is 27.8 Å². The Morgan fingerprint density at radius 3 is 2.11 bits per heavy atom. The minimum Gasteiger partial charge on any atom is -0.390 e. The highest BCUT2D eigenvalue weighted by molar-refractivity contribution is 6.07. The van der Waals surface area contributed by atoms with E-state index in [1.165, 1.54) is 10.8 Å². The molecule has 0 radical (unpaired) electrons. The average Bonchev–Trinajstić information content (AvgIpc) is 3.03. The molecule has 0 saturated carbocycles. The van der Waals surface area contributed by atoms with E-state index in [2.05, 4.69) is 51.2 Å². The van der Waals surface area contributed by atoms with Crippen molar-refractivity contribution in [2.24, 2.45) is 0 Å². The Morgan fingerprint density at radius 1 is 0.964 bits per heavy atom. The molecule has 148 valence electrons. The molecule has 0 spiro atoms. The lowest BCUT2D eigenvalue weighted by molar-refractivity contribution is 0.0732. The molecule has 1 aliphatic heterocycles. The summed E-state index contributed by atoms with van der Waals surface area (Å²) < 4.78 is 2.22. The number of aliphatic hydroxyl groups is 1. The molecule has 0 aliphatic carbocycles. The maximum atomic E-state index is 11.9. The van der Waals surface area contributed by atoms with E-state index in [0.29, 0.717) is 32.7 Å². The minimum atomic E-state index is -0.463. The minimum absolute atomic E-state index is 0.00739. The lowest BCUT2D eigenvalue weighted by Gasteiger charge is -2.35. The number of hydrogen-bond acceptors (Lipinski definition) is 3. The largest absolute Gasteiger partial charge is 0.390 e. The molecule has 6 heteroatoms. The van der Waals surface area contributed by atoms with Gasteiger partial charge in [0.25, 0.3) is 0 Å². The molecular weight excluding hydrogens is 352 g/mol. The second-order valence-corrected chi connectivity index (χ2v) is 7.42. The lowest BCUT2D eigenvalue weighted by Crippen LogP contribution is -2.53. The highest BCUT2D eigenvalue weighted by atomic mass is 16.3. The molecule has 0 bridgehead atoms. The Hall–Kier alpha value is -2.57. The summed E-state index contributed by atoms with van der Waals surface area (Å²) in [7, 11) is 0. The van der Waals surface area contributed by atoms with Gasteiger partial charge in [-0.2, -0.15) is 0 Å². The molecule has 1 aromatic heterocycles. The third kappa shape index (κ3) is 3.70. The molecule has 6 nitrogen and oxygen atoms in total. The molecule has 3 aromatic rings. The van der Waals surface area contributed by atoms with Crippen LogP contribution in [0.1, 0.15) is 6.92 Å². The van der Waals surface area contributed by atoms with Gasteiger partial charge in [0.2, 0.25) is 0 Å². The van der Waals surface area contributed by atoms with Crippen molar-refractivity contribution < 1.29 is 9.90 Å². The molecule has 2 amide bonds. The first-order valence-corrected chi connectivity index (χ1v) is 10.1. The summed E-state index contributed by atoms with van der Waals surface area (Å²) in [4.78, 5) is 16.0. The van der Waals surface area contributed by atoms with E-state index in [-0.39, 0.29) is 6.03 Å². The van der Waals surface area contributed by atoms with Crippen LogP contribution in [0, 0.1) is 0 Å². The van der Waals surface area contributed by atoms with Crippen molar-refractivity contribution in [3.05, 3.63) is 48.5 Å². The molecule has 1 fully saturated rings. The van der Waals surface area contributed by atoms with Gasteiger partial charge in [-0.15, -0.1) is 0 Å². The van der Waals surface area contributed by atoms with Crippen LogP contribution in [0.3, 0.4) is 0 Å². The fraction of sp³-hybridized carbons (Fsp3) is 0.409. The van der Waals surface area contributed by atoms with Crippen LogP contribution >= 0.6 is 0 Å². The molecule has 1 atom stereocenters. The number of β-amino-alcohol motifs (C(OH)–C–C–N with tert-alkyl or cyclic N) is 1. The van der Waals surface area contributed by atoms with Crippen molar-refractivity contribution in [1.29, 1.82) is 0 Å². The quantitative estimate of drug-likeness (QED) is 0.715. The van der Waals surface area contributed by atoms with Crippen molar-refractivity contribution in [1.82, 2.24) is 19.7 Å². The van der Waals surface area contributed by atoms with Gasteiger partial charge in [0.1, 0.15) is 0 Å². The molecular formula is C22H28N4O2. The predicted octanol–water partition coefficient (Wildman–Crippen LogP) is 2.50. The zero-order chi connectivity index (χ0) is 19.5. The zero-order valence-corrected chi connectivity index (χ0v) is 16.3. The van der Waals surface area contributed by atoms with Gasteiger partial charge < -0.3 is 19.9 Å². The number of hydrogen-bond donors (Lipinski definition) is 2. The number of aliphatic hydroxyl groups excluding tert-OH is 1. The highest BCUT2D eigenvalue weighted by Crippen LogP contribution is 2.28. The first kappa shape index (κ1) is 18.8. The fourth-order valence-electron chi connectivity index (χ4n) is 4.16. The van der Waals surface area contributed by atoms with Gasteiger partial charge in [-0.25, -0.2) is 4.79 Å². The number of urea groups is 1. The number of rotatable bonds is 5. The maximum absolute atomic E-state index is 11.9. The fourth-order valence-corrected chi connectivity index (χ4v) is 4.16. The van der Waals surface area contributed by atoms with Gasteiger partial charge in [0.15, 0.2) is 0 Å². The number of carbonyl (C=O) groups is 1. The third-order valence-corrected chi connectivity index (χ3v) is 5.53. The molecule has 1 saturated heterocycles. The predicted molar refractivity (Wildman–Crippen MR) is 113 cm³/mol. The van der Waals surface area contributed by atoms with Gasteiger partial charge in [0.05, 0.1) is 12.6 Å². The summed E-state index contributed by atoms with van der Waals surface area (Å²) in [5.41, 5.74) is 2.31. The smallest absolute Gasteiger partial charge is 0.317 e. The van der Waals surface area contributed by atoms with E-state index in [0.717, 1.165) is 24.1 Å². The summed E-state index contributed by atoms with van der Waals surface area (Å²) in [6.07, 6.45) is -0.463. The van der Waals surface area contributed by atoms with Gasteiger partial charge in [-0.05, 0) is 19.1 Å². The summed E-state index contributed by atoms with van der Waals surface area (Å²) in [5, 5.41) is 16.1. The van der Waals surface area contributed by atoms with Crippen LogP contribution in [0.5, 0.6) is 0 Å². The third-order valence-electron chi connectivity index (χ3n) is 5.53. The molecule has 1 aliphatic rings. The number of benzene rings is 2. The van der Waals surface area contributed by atoms with E-state index in [4.69, 9.17) is 0 Å². The summed E-state index contributed by atoms with van der Waals surface area (Å²) >= 11 is 0. The number of aromatic nitrogens is 1. The molecule has 4 rings (SSSR count). The van der Waals surface area contributed by atoms with Crippen LogP contribution in [0.25, 0.3) is 21.8 Å². The van der Waals surface area contributed by atoms with Crippen molar-refractivity contribution in [2.45, 2.75) is 19.6 Å². The second-order valence-electron chi connectivity index (χ2n) is 7.42. The first-order chi connectivity index (χ1) is 13.7. The molecule has 2 aromatic carbocycles. The van der Waals surface area contributed by atoms with Crippen molar-refractivity contribution in [3.8, 4) is 0 Å². The number of amides is 2. The number of para-hydroxylation sites is 2. The highest BCUT2D eigenvalue weighted by Gasteiger charge is 2.22. The van der Waals surface area contributed by atoms with E-state index < -0.39 is 6.10 Å². The van der Waals surface area contributed by atoms with Crippen LogP contribution in [0.15, 0.2) is 48.5 Å². The van der Waals surface area contributed by atoms with Crippen molar-refractivity contribution in [3.63, 3.8) is 0 Å². The monoisotopic (exact) mass is 380 g/mol. The maximum Gasteiger partial charge on any atom is 0.317 e. The summed E-state index contributed by atoms with van der Waals surface area (Å²) in [6.45, 7) is 6.74. The van der Waals surface area contributed by atoms with E-state index in [1.54, 1.807) is 0 Å². The van der Waals surface area contributed by atoms with E-state index in [1.807, 2.05) is 24.0 Å². The van der Waals surface area contributed by atoms with Gasteiger partial charge in [0, 0.05) is 61.1 Å². The van der Waals surface area contributed by atoms with E-state index in [9.17, 15) is 9.90 Å². The Kier molecular flexibility index (Phi) is 5.50. The van der Waals surface area contributed by atoms with Crippen LogP contribution in [0.2, 0.25) is 0 Å². The number of fused-ring (bicyclic) bond motifs is 3. The molecule has 2 N–H and O–H groups in total. The van der Waals surface area contributed by atoms with Gasteiger partial charge >= 0.3 is 6.03 Å². The number of nitrogens with one attached hydrogen (secondary N) is 1.